The summed E-state index contributed by atoms with van der Waals surface area (Å²) in [5.74, 6) is 1.63. The van der Waals surface area contributed by atoms with Gasteiger partial charge in [-0.2, -0.15) is 0 Å². The van der Waals surface area contributed by atoms with Gasteiger partial charge in [-0.15, -0.1) is 24.8 Å². The van der Waals surface area contributed by atoms with Crippen LogP contribution in [-0.4, -0.2) is 6.88 Å². The summed E-state index contributed by atoms with van der Waals surface area (Å²) in [6.07, 6.45) is 7.96. The Kier molecular flexibility index (Phi) is 7.19. The first-order valence-electron chi connectivity index (χ1n) is 12.9. The van der Waals surface area contributed by atoms with Crippen molar-refractivity contribution in [1.82, 2.24) is 0 Å². The zero-order valence-electron chi connectivity index (χ0n) is 21.2. The first-order chi connectivity index (χ1) is 15.2. The van der Waals surface area contributed by atoms with Gasteiger partial charge < -0.3 is 0 Å². The maximum Gasteiger partial charge on any atom is -0.147 e. The zero-order valence-corrected chi connectivity index (χ0v) is 26.7. The van der Waals surface area contributed by atoms with Crippen LogP contribution in [0.4, 0.5) is 0 Å². The summed E-state index contributed by atoms with van der Waals surface area (Å²) in [5, 5.41) is 0. The zero-order chi connectivity index (χ0) is 22.3. The van der Waals surface area contributed by atoms with Crippen LogP contribution < -0.4 is 0 Å². The molecule has 0 bridgehead atoms. The molecule has 4 heteroatoms. The normalized spacial score (nSPS) is 27.8. The van der Waals surface area contributed by atoms with Gasteiger partial charge >= 0.3 is 198 Å². The Hall–Kier alpha value is -0.400. The van der Waals surface area contributed by atoms with Gasteiger partial charge in [0.1, 0.15) is 0 Å². The van der Waals surface area contributed by atoms with Crippen LogP contribution in [0, 0.1) is 11.8 Å². The van der Waals surface area contributed by atoms with Crippen LogP contribution >= 0.6 is 24.8 Å². The molecule has 4 unspecified atom stereocenters. The van der Waals surface area contributed by atoms with Crippen molar-refractivity contribution in [3.8, 4) is 0 Å². The number of hydrogen-bond donors (Lipinski definition) is 0. The van der Waals surface area contributed by atoms with Crippen LogP contribution in [0.15, 0.2) is 59.7 Å². The van der Waals surface area contributed by atoms with Crippen LogP contribution in [0.1, 0.15) is 61.8 Å². The maximum atomic E-state index is 2.87. The standard InChI is InChI=1S/2C14H15.2CH3.2ClH.H2Si.Zr/c2*1-10-6-7-12-9-11-4-2-3-5-13(11)14(12)8-10;;;;;;/h2*2-5,7,10H,6,8-9H2,1H3;2*1H3;2*1H;1H2;. The van der Waals surface area contributed by atoms with Gasteiger partial charge in [-0.1, -0.05) is 0 Å². The largest absolute Gasteiger partial charge is 0.147 e. The molecular formula is C30H40Cl2SiZr. The molecule has 34 heavy (non-hydrogen) atoms. The molecule has 0 fully saturated rings. The number of allylic oxidation sites excluding steroid dienone is 4. The fourth-order valence-corrected chi connectivity index (χ4v) is 27.0. The quantitative estimate of drug-likeness (QED) is 0.307. The fraction of sp³-hybridized carbons (Fsp3) is 0.467. The summed E-state index contributed by atoms with van der Waals surface area (Å²) in [5.41, 5.74) is 13.7. The molecule has 2 aromatic carbocycles. The molecular weight excluding hydrogens is 551 g/mol. The second kappa shape index (κ2) is 9.16. The summed E-state index contributed by atoms with van der Waals surface area (Å²) < 4.78 is 7.47. The molecule has 0 amide bonds. The minimum atomic E-state index is -3.16. The van der Waals surface area contributed by atoms with E-state index < -0.39 is 17.4 Å². The molecule has 4 aliphatic carbocycles. The molecule has 4 atom stereocenters. The molecule has 0 saturated heterocycles. The second-order valence-electron chi connectivity index (χ2n) is 12.8. The number of fused-ring (bicyclic) bond motifs is 4. The molecule has 0 N–H and O–H groups in total. The summed E-state index contributed by atoms with van der Waals surface area (Å²) in [7, 11) is 0. The molecule has 0 spiro atoms. The van der Waals surface area contributed by atoms with E-state index >= 15 is 0 Å². The monoisotopic (exact) mass is 588 g/mol. The van der Waals surface area contributed by atoms with E-state index in [1.807, 2.05) is 11.1 Å². The van der Waals surface area contributed by atoms with Crippen LogP contribution in [0.5, 0.6) is 0 Å². The molecule has 0 heterocycles. The van der Waals surface area contributed by atoms with Gasteiger partial charge in [0.05, 0.1) is 0 Å². The molecule has 4 aliphatic rings. The van der Waals surface area contributed by atoms with E-state index in [1.165, 1.54) is 38.5 Å². The molecule has 2 aromatic rings. The maximum absolute atomic E-state index is 3.16. The molecule has 0 aliphatic heterocycles. The summed E-state index contributed by atoms with van der Waals surface area (Å²) in [6, 6.07) is 18.7. The van der Waals surface area contributed by atoms with E-state index in [2.05, 4.69) is 78.5 Å². The van der Waals surface area contributed by atoms with Gasteiger partial charge in [0.25, 0.3) is 0 Å². The number of hydrogen-bond acceptors (Lipinski definition) is 0. The minimum absolute atomic E-state index is 0. The number of halogens is 2. The van der Waals surface area contributed by atoms with Crippen molar-refractivity contribution in [3.05, 3.63) is 81.9 Å². The van der Waals surface area contributed by atoms with Crippen molar-refractivity contribution in [2.45, 2.75) is 68.9 Å². The Morgan fingerprint density at radius 1 is 0.676 bits per heavy atom. The smallest absolute Gasteiger partial charge is 0.147 e. The molecule has 0 nitrogen and oxygen atoms in total. The molecule has 0 radical (unpaired) electrons. The van der Waals surface area contributed by atoms with Crippen molar-refractivity contribution in [2.75, 3.05) is 0 Å². The fourth-order valence-electron chi connectivity index (χ4n) is 8.17. The molecule has 0 saturated carbocycles. The molecule has 0 aromatic heterocycles. The van der Waals surface area contributed by atoms with E-state index in [0.29, 0.717) is 0 Å². The predicted octanol–water partition coefficient (Wildman–Crippen LogP) is 8.62. The third kappa shape index (κ3) is 4.04. The van der Waals surface area contributed by atoms with E-state index in [4.69, 9.17) is 0 Å². The van der Waals surface area contributed by atoms with Gasteiger partial charge in [-0.3, -0.25) is 0 Å². The Bertz CT molecular complexity index is 1170. The van der Waals surface area contributed by atoms with Gasteiger partial charge in [0.2, 0.25) is 0 Å². The van der Waals surface area contributed by atoms with Crippen molar-refractivity contribution in [2.24, 2.45) is 11.8 Å². The first-order valence-corrected chi connectivity index (χ1v) is 26.6. The van der Waals surface area contributed by atoms with Crippen LogP contribution in [0.2, 0.25) is 16.5 Å². The van der Waals surface area contributed by atoms with Gasteiger partial charge in [-0.25, -0.2) is 0 Å². The average molecular weight is 591 g/mol. The summed E-state index contributed by atoms with van der Waals surface area (Å²) >= 11 is -3.16. The summed E-state index contributed by atoms with van der Waals surface area (Å²) in [6.45, 7) is 7.64. The Labute approximate surface area is 221 Å². The Balaban J connectivity index is 0.00000137. The van der Waals surface area contributed by atoms with E-state index in [-0.39, 0.29) is 24.8 Å². The average Bonchev–Trinajstić information content (AvgIpc) is 3.30. The molecule has 6 rings (SSSR count). The van der Waals surface area contributed by atoms with Crippen molar-refractivity contribution < 1.29 is 17.4 Å². The second-order valence-corrected chi connectivity index (χ2v) is 43.9. The topological polar surface area (TPSA) is 0 Å². The SMILES string of the molecule is CC1CC2=C(Cc3ccccc32)[CH]([Zr]([CH3])([CH3])(=[SiH2])[CH]2CC(C)CC3=C2Cc2ccccc23)C1.Cl.Cl. The van der Waals surface area contributed by atoms with E-state index in [0.717, 1.165) is 19.1 Å². The summed E-state index contributed by atoms with van der Waals surface area (Å²) in [4.78, 5) is 0. The molecule has 182 valence electrons. The van der Waals surface area contributed by atoms with Crippen LogP contribution in [-0.2, 0) is 30.2 Å². The third-order valence-electron chi connectivity index (χ3n) is 9.73. The van der Waals surface area contributed by atoms with Crippen LogP contribution in [0.25, 0.3) is 11.1 Å². The number of benzene rings is 2. The van der Waals surface area contributed by atoms with Crippen molar-refractivity contribution >= 4 is 42.8 Å². The van der Waals surface area contributed by atoms with Gasteiger partial charge in [0, 0.05) is 0 Å². The Morgan fingerprint density at radius 3 is 1.47 bits per heavy atom. The van der Waals surface area contributed by atoms with E-state index in [9.17, 15) is 0 Å². The van der Waals surface area contributed by atoms with Crippen molar-refractivity contribution in [3.63, 3.8) is 0 Å². The number of rotatable bonds is 2. The minimum Gasteiger partial charge on any atom is -0.147 e. The Morgan fingerprint density at radius 2 is 1.06 bits per heavy atom. The van der Waals surface area contributed by atoms with Crippen LogP contribution in [0.3, 0.4) is 0 Å². The van der Waals surface area contributed by atoms with Gasteiger partial charge in [-0.05, 0) is 0 Å². The van der Waals surface area contributed by atoms with E-state index in [1.54, 1.807) is 33.4 Å². The predicted molar refractivity (Wildman–Crippen MR) is 153 cm³/mol. The van der Waals surface area contributed by atoms with Gasteiger partial charge in [0.15, 0.2) is 0 Å². The van der Waals surface area contributed by atoms with Crippen molar-refractivity contribution in [1.29, 1.82) is 0 Å². The first kappa shape index (κ1) is 26.7. The third-order valence-corrected chi connectivity index (χ3v) is 29.7.